The zero-order valence-electron chi connectivity index (χ0n) is 17.3. The van der Waals surface area contributed by atoms with Gasteiger partial charge in [0.1, 0.15) is 11.5 Å². The highest BCUT2D eigenvalue weighted by Crippen LogP contribution is 2.23. The summed E-state index contributed by atoms with van der Waals surface area (Å²) in [6.07, 6.45) is 3.04. The second kappa shape index (κ2) is 9.63. The van der Waals surface area contributed by atoms with Crippen molar-refractivity contribution in [3.8, 4) is 17.2 Å². The molecule has 0 atom stereocenters. The lowest BCUT2D eigenvalue weighted by Gasteiger charge is -2.17. The number of nitrogens with zero attached hydrogens (tertiary/aromatic N) is 3. The van der Waals surface area contributed by atoms with Crippen LogP contribution >= 0.6 is 0 Å². The average molecular weight is 452 g/mol. The highest BCUT2D eigenvalue weighted by atomic mass is 32.2. The van der Waals surface area contributed by atoms with Crippen molar-refractivity contribution < 1.29 is 22.0 Å². The molecule has 2 aromatic carbocycles. The molecule has 0 amide bonds. The molecule has 164 valence electrons. The van der Waals surface area contributed by atoms with Gasteiger partial charge in [-0.1, -0.05) is 30.3 Å². The van der Waals surface area contributed by atoms with E-state index in [9.17, 15) is 8.42 Å². The van der Waals surface area contributed by atoms with E-state index in [4.69, 9.17) is 13.6 Å². The number of methoxy groups -OCH3 is 1. The summed E-state index contributed by atoms with van der Waals surface area (Å²) in [5.74, 6) is 1.66. The minimum Gasteiger partial charge on any atom is -0.497 e. The molecule has 8 nitrogen and oxygen atoms in total. The first kappa shape index (κ1) is 21.5. The van der Waals surface area contributed by atoms with Gasteiger partial charge < -0.3 is 13.6 Å². The fourth-order valence-corrected chi connectivity index (χ4v) is 4.04. The Morgan fingerprint density at radius 1 is 0.969 bits per heavy atom. The van der Waals surface area contributed by atoms with Crippen LogP contribution in [0, 0.1) is 0 Å². The zero-order chi connectivity index (χ0) is 22.4. The zero-order valence-corrected chi connectivity index (χ0v) is 18.1. The third kappa shape index (κ3) is 5.32. The third-order valence-electron chi connectivity index (χ3n) is 4.62. The van der Waals surface area contributed by atoms with Crippen molar-refractivity contribution in [2.75, 3.05) is 7.11 Å². The predicted octanol–water partition coefficient (Wildman–Crippen LogP) is 4.34. The largest absolute Gasteiger partial charge is 0.497 e. The summed E-state index contributed by atoms with van der Waals surface area (Å²) in [5.41, 5.74) is 1.47. The van der Waals surface area contributed by atoms with E-state index in [-0.39, 0.29) is 24.9 Å². The van der Waals surface area contributed by atoms with Crippen LogP contribution in [0.25, 0.3) is 17.5 Å². The van der Waals surface area contributed by atoms with E-state index < -0.39 is 10.0 Å². The molecule has 2 aromatic heterocycles. The van der Waals surface area contributed by atoms with Crippen molar-refractivity contribution in [2.24, 2.45) is 0 Å². The van der Waals surface area contributed by atoms with Gasteiger partial charge in [-0.15, -0.1) is 10.2 Å². The molecule has 0 saturated carbocycles. The number of rotatable bonds is 9. The lowest BCUT2D eigenvalue weighted by atomic mass is 10.2. The quantitative estimate of drug-likeness (QED) is 0.373. The third-order valence-corrected chi connectivity index (χ3v) is 6.08. The van der Waals surface area contributed by atoms with E-state index in [0.717, 1.165) is 11.0 Å². The maximum absolute atomic E-state index is 13.1. The van der Waals surface area contributed by atoms with E-state index >= 15 is 0 Å². The maximum atomic E-state index is 13.1. The molecule has 4 rings (SSSR count). The summed E-state index contributed by atoms with van der Waals surface area (Å²) in [5, 5.41) is 9.23. The summed E-state index contributed by atoms with van der Waals surface area (Å²) in [7, 11) is -2.23. The van der Waals surface area contributed by atoms with Gasteiger partial charge in [0, 0.05) is 11.0 Å². The fraction of sp³-hybridized carbons (Fsp3) is 0.130. The summed E-state index contributed by atoms with van der Waals surface area (Å²) in [6, 6.07) is 19.7. The Morgan fingerprint density at radius 3 is 2.44 bits per heavy atom. The van der Waals surface area contributed by atoms with Gasteiger partial charge in [-0.25, -0.2) is 8.42 Å². The average Bonchev–Trinajstić information content (AvgIpc) is 3.51. The van der Waals surface area contributed by atoms with Crippen molar-refractivity contribution in [1.29, 1.82) is 0 Å². The molecule has 0 spiro atoms. The molecule has 0 fully saturated rings. The van der Waals surface area contributed by atoms with Gasteiger partial charge in [0.05, 0.1) is 26.5 Å². The second-order valence-corrected chi connectivity index (χ2v) is 8.65. The van der Waals surface area contributed by atoms with Crippen LogP contribution in [-0.2, 0) is 23.1 Å². The summed E-state index contributed by atoms with van der Waals surface area (Å²) >= 11 is 0. The van der Waals surface area contributed by atoms with E-state index in [1.165, 1.54) is 10.6 Å². The number of aromatic nitrogens is 2. The molecule has 0 saturated heterocycles. The standard InChI is InChI=1S/C23H21N3O5S/c1-29-20-11-9-19(10-12-20)23-25-24-22(31-23)17-26(16-21-8-5-14-30-21)32(27,28)15-13-18-6-3-2-4-7-18/h2-15H,16-17H2,1H3/b15-13+. The van der Waals surface area contributed by atoms with Crippen LogP contribution in [0.4, 0.5) is 0 Å². The molecule has 32 heavy (non-hydrogen) atoms. The van der Waals surface area contributed by atoms with Crippen molar-refractivity contribution in [1.82, 2.24) is 14.5 Å². The van der Waals surface area contributed by atoms with Crippen LogP contribution in [0.5, 0.6) is 5.75 Å². The lowest BCUT2D eigenvalue weighted by Crippen LogP contribution is -2.28. The Balaban J connectivity index is 1.57. The molecule has 0 bridgehead atoms. The van der Waals surface area contributed by atoms with Gasteiger partial charge in [-0.05, 0) is 48.0 Å². The number of hydrogen-bond donors (Lipinski definition) is 0. The minimum absolute atomic E-state index is 0.0225. The number of sulfonamides is 1. The Kier molecular flexibility index (Phi) is 6.48. The van der Waals surface area contributed by atoms with E-state index in [1.54, 1.807) is 49.6 Å². The van der Waals surface area contributed by atoms with Crippen LogP contribution in [0.1, 0.15) is 17.2 Å². The fourth-order valence-electron chi connectivity index (χ4n) is 2.95. The molecular formula is C23H21N3O5S. The molecule has 0 unspecified atom stereocenters. The summed E-state index contributed by atoms with van der Waals surface area (Å²) in [6.45, 7) is -0.0833. The van der Waals surface area contributed by atoms with Crippen LogP contribution in [0.3, 0.4) is 0 Å². The van der Waals surface area contributed by atoms with Gasteiger partial charge >= 0.3 is 0 Å². The molecule has 0 radical (unpaired) electrons. The van der Waals surface area contributed by atoms with E-state index in [1.807, 2.05) is 30.3 Å². The molecular weight excluding hydrogens is 430 g/mol. The number of ether oxygens (including phenoxy) is 1. The highest BCUT2D eigenvalue weighted by molar-refractivity contribution is 7.92. The molecule has 0 N–H and O–H groups in total. The van der Waals surface area contributed by atoms with Gasteiger partial charge in [0.2, 0.25) is 21.8 Å². The molecule has 9 heteroatoms. The Hall–Kier alpha value is -3.69. The monoisotopic (exact) mass is 451 g/mol. The highest BCUT2D eigenvalue weighted by Gasteiger charge is 2.24. The van der Waals surface area contributed by atoms with Crippen LogP contribution < -0.4 is 4.74 Å². The first-order chi connectivity index (χ1) is 15.5. The maximum Gasteiger partial charge on any atom is 0.247 e. The van der Waals surface area contributed by atoms with E-state index in [2.05, 4.69) is 10.2 Å². The molecule has 4 aromatic rings. The predicted molar refractivity (Wildman–Crippen MR) is 119 cm³/mol. The van der Waals surface area contributed by atoms with Crippen LogP contribution in [0.2, 0.25) is 0 Å². The van der Waals surface area contributed by atoms with Crippen molar-refractivity contribution in [3.63, 3.8) is 0 Å². The first-order valence-electron chi connectivity index (χ1n) is 9.76. The first-order valence-corrected chi connectivity index (χ1v) is 11.3. The molecule has 0 aliphatic carbocycles. The van der Waals surface area contributed by atoms with Crippen molar-refractivity contribution >= 4 is 16.1 Å². The Morgan fingerprint density at radius 2 is 1.75 bits per heavy atom. The van der Waals surface area contributed by atoms with Crippen LogP contribution in [-0.4, -0.2) is 30.0 Å². The Bertz CT molecular complexity index is 1260. The smallest absolute Gasteiger partial charge is 0.247 e. The Labute approximate surface area is 185 Å². The SMILES string of the molecule is COc1ccc(-c2nnc(CN(Cc3ccco3)S(=O)(=O)/C=C/c3ccccc3)o2)cc1. The molecule has 0 aliphatic heterocycles. The lowest BCUT2D eigenvalue weighted by molar-refractivity contribution is 0.329. The summed E-state index contributed by atoms with van der Waals surface area (Å²) in [4.78, 5) is 0. The van der Waals surface area contributed by atoms with Crippen LogP contribution in [0.15, 0.2) is 87.2 Å². The van der Waals surface area contributed by atoms with Gasteiger partial charge in [-0.2, -0.15) is 4.31 Å². The number of benzene rings is 2. The van der Waals surface area contributed by atoms with Crippen molar-refractivity contribution in [2.45, 2.75) is 13.1 Å². The number of hydrogen-bond acceptors (Lipinski definition) is 7. The van der Waals surface area contributed by atoms with Gasteiger partial charge in [0.15, 0.2) is 0 Å². The number of furan rings is 1. The topological polar surface area (TPSA) is 98.7 Å². The second-order valence-electron chi connectivity index (χ2n) is 6.84. The summed E-state index contributed by atoms with van der Waals surface area (Å²) < 4.78 is 43.6. The van der Waals surface area contributed by atoms with Gasteiger partial charge in [0.25, 0.3) is 0 Å². The normalized spacial score (nSPS) is 11.9. The molecule has 2 heterocycles. The van der Waals surface area contributed by atoms with E-state index in [0.29, 0.717) is 17.1 Å². The van der Waals surface area contributed by atoms with Crippen molar-refractivity contribution in [3.05, 3.63) is 95.6 Å². The van der Waals surface area contributed by atoms with Gasteiger partial charge in [-0.3, -0.25) is 0 Å². The minimum atomic E-state index is -3.81. The molecule has 0 aliphatic rings.